The fraction of sp³-hybridized carbons (Fsp3) is 0. The van der Waals surface area contributed by atoms with Gasteiger partial charge in [-0.15, -0.1) is 0 Å². The molecule has 9 aromatic rings. The van der Waals surface area contributed by atoms with Crippen LogP contribution in [-0.4, -0.2) is 9.13 Å². The van der Waals surface area contributed by atoms with Gasteiger partial charge in [-0.1, -0.05) is 121 Å². The summed E-state index contributed by atoms with van der Waals surface area (Å²) < 4.78 is 4.85. The number of rotatable bonds is 4. The van der Waals surface area contributed by atoms with E-state index in [0.717, 1.165) is 11.4 Å². The van der Waals surface area contributed by atoms with Crippen LogP contribution in [0.15, 0.2) is 170 Å². The molecule has 0 amide bonds. The topological polar surface area (TPSA) is 9.86 Å². The zero-order chi connectivity index (χ0) is 29.0. The Kier molecular flexibility index (Phi) is 5.54. The number of fused-ring (bicyclic) bond motifs is 7. The molecule has 0 aliphatic heterocycles. The second-order valence-corrected chi connectivity index (χ2v) is 11.4. The van der Waals surface area contributed by atoms with Crippen LogP contribution in [0.3, 0.4) is 0 Å². The number of aromatic nitrogens is 2. The summed E-state index contributed by atoms with van der Waals surface area (Å²) in [5, 5.41) is 5.11. The van der Waals surface area contributed by atoms with Gasteiger partial charge in [0.05, 0.1) is 22.1 Å². The SMILES string of the molecule is c1ccc(-c2ccc(-n3c4ccccc4c4c5c6ccccc6n(-c6cccc(-c7ccccc7)c6)c5ccc43)cc2)cc1. The van der Waals surface area contributed by atoms with Crippen molar-refractivity contribution in [1.82, 2.24) is 9.13 Å². The summed E-state index contributed by atoms with van der Waals surface area (Å²) in [5.41, 5.74) is 12.1. The molecule has 0 aliphatic rings. The predicted octanol–water partition coefficient (Wildman–Crippen LogP) is 11.2. The lowest BCUT2D eigenvalue weighted by Gasteiger charge is -2.11. The summed E-state index contributed by atoms with van der Waals surface area (Å²) in [6.45, 7) is 0. The van der Waals surface area contributed by atoms with Gasteiger partial charge in [0.1, 0.15) is 0 Å². The highest BCUT2D eigenvalue weighted by Crippen LogP contribution is 2.42. The second-order valence-electron chi connectivity index (χ2n) is 11.4. The van der Waals surface area contributed by atoms with Crippen LogP contribution in [0.2, 0.25) is 0 Å². The Balaban J connectivity index is 1.32. The Morgan fingerprint density at radius 3 is 1.32 bits per heavy atom. The van der Waals surface area contributed by atoms with E-state index < -0.39 is 0 Å². The Labute approximate surface area is 255 Å². The summed E-state index contributed by atoms with van der Waals surface area (Å²) in [5.74, 6) is 0. The fourth-order valence-corrected chi connectivity index (χ4v) is 6.96. The molecule has 0 saturated heterocycles. The van der Waals surface area contributed by atoms with E-state index in [4.69, 9.17) is 0 Å². The molecule has 2 heterocycles. The molecule has 0 radical (unpaired) electrons. The van der Waals surface area contributed by atoms with Gasteiger partial charge in [0.15, 0.2) is 0 Å². The zero-order valence-corrected chi connectivity index (χ0v) is 24.1. The highest BCUT2D eigenvalue weighted by atomic mass is 15.0. The summed E-state index contributed by atoms with van der Waals surface area (Å²) >= 11 is 0. The molecule has 0 unspecified atom stereocenters. The first-order valence-electron chi connectivity index (χ1n) is 15.1. The number of hydrogen-bond acceptors (Lipinski definition) is 0. The molecule has 2 nitrogen and oxygen atoms in total. The van der Waals surface area contributed by atoms with Crippen molar-refractivity contribution in [3.63, 3.8) is 0 Å². The molecule has 0 atom stereocenters. The van der Waals surface area contributed by atoms with Crippen LogP contribution in [0.4, 0.5) is 0 Å². The first-order valence-corrected chi connectivity index (χ1v) is 15.1. The minimum atomic E-state index is 1.16. The van der Waals surface area contributed by atoms with E-state index in [1.165, 1.54) is 65.9 Å². The quantitative estimate of drug-likeness (QED) is 0.203. The summed E-state index contributed by atoms with van der Waals surface area (Å²) in [6, 6.07) is 61.3. The standard InChI is InChI=1S/C42H28N2/c1-3-12-29(13-4-1)31-22-24-33(25-23-31)43-37-20-9-7-18-35(37)41-39(43)26-27-40-42(41)36-19-8-10-21-38(36)44(40)34-17-11-16-32(28-34)30-14-5-2-6-15-30/h1-28H. The molecule has 9 rings (SSSR count). The van der Waals surface area contributed by atoms with Crippen LogP contribution < -0.4 is 0 Å². The van der Waals surface area contributed by atoms with E-state index in [9.17, 15) is 0 Å². The van der Waals surface area contributed by atoms with Crippen LogP contribution in [0.5, 0.6) is 0 Å². The summed E-state index contributed by atoms with van der Waals surface area (Å²) in [6.07, 6.45) is 0. The lowest BCUT2D eigenvalue weighted by molar-refractivity contribution is 1.17. The highest BCUT2D eigenvalue weighted by Gasteiger charge is 2.20. The Morgan fingerprint density at radius 2 is 0.727 bits per heavy atom. The Bertz CT molecular complexity index is 2460. The van der Waals surface area contributed by atoms with E-state index in [2.05, 4.69) is 179 Å². The van der Waals surface area contributed by atoms with Gasteiger partial charge in [-0.3, -0.25) is 0 Å². The average Bonchev–Trinajstić information content (AvgIpc) is 3.62. The Morgan fingerprint density at radius 1 is 0.273 bits per heavy atom. The fourth-order valence-electron chi connectivity index (χ4n) is 6.96. The average molecular weight is 561 g/mol. The third-order valence-electron chi connectivity index (χ3n) is 8.92. The van der Waals surface area contributed by atoms with Crippen LogP contribution in [0.25, 0.3) is 77.2 Å². The molecule has 7 aromatic carbocycles. The van der Waals surface area contributed by atoms with Crippen LogP contribution in [-0.2, 0) is 0 Å². The van der Waals surface area contributed by atoms with Gasteiger partial charge >= 0.3 is 0 Å². The van der Waals surface area contributed by atoms with Gasteiger partial charge in [0.25, 0.3) is 0 Å². The van der Waals surface area contributed by atoms with E-state index in [0.29, 0.717) is 0 Å². The van der Waals surface area contributed by atoms with Crippen molar-refractivity contribution in [3.05, 3.63) is 170 Å². The van der Waals surface area contributed by atoms with Crippen molar-refractivity contribution in [2.75, 3.05) is 0 Å². The summed E-state index contributed by atoms with van der Waals surface area (Å²) in [4.78, 5) is 0. The first kappa shape index (κ1) is 24.7. The number of benzene rings is 7. The molecule has 0 saturated carbocycles. The zero-order valence-electron chi connectivity index (χ0n) is 24.1. The number of nitrogens with zero attached hydrogens (tertiary/aromatic N) is 2. The molecule has 0 N–H and O–H groups in total. The van der Waals surface area contributed by atoms with Crippen molar-refractivity contribution >= 4 is 43.6 Å². The molecule has 0 spiro atoms. The predicted molar refractivity (Wildman–Crippen MR) is 186 cm³/mol. The molecule has 206 valence electrons. The highest BCUT2D eigenvalue weighted by molar-refractivity contribution is 6.28. The maximum Gasteiger partial charge on any atom is 0.0548 e. The molecule has 0 bridgehead atoms. The Hall–Kier alpha value is -5.86. The largest absolute Gasteiger partial charge is 0.309 e. The summed E-state index contributed by atoms with van der Waals surface area (Å²) in [7, 11) is 0. The van der Waals surface area contributed by atoms with Gasteiger partial charge in [-0.25, -0.2) is 0 Å². The van der Waals surface area contributed by atoms with E-state index in [1.54, 1.807) is 0 Å². The van der Waals surface area contributed by atoms with E-state index in [1.807, 2.05) is 0 Å². The van der Waals surface area contributed by atoms with Crippen molar-refractivity contribution in [1.29, 1.82) is 0 Å². The van der Waals surface area contributed by atoms with E-state index in [-0.39, 0.29) is 0 Å². The van der Waals surface area contributed by atoms with Gasteiger partial charge in [-0.2, -0.15) is 0 Å². The molecule has 44 heavy (non-hydrogen) atoms. The van der Waals surface area contributed by atoms with E-state index >= 15 is 0 Å². The van der Waals surface area contributed by atoms with Crippen LogP contribution in [0, 0.1) is 0 Å². The lowest BCUT2D eigenvalue weighted by atomic mass is 10.0. The van der Waals surface area contributed by atoms with Crippen molar-refractivity contribution in [2.45, 2.75) is 0 Å². The molecule has 2 heteroatoms. The third-order valence-corrected chi connectivity index (χ3v) is 8.92. The van der Waals surface area contributed by atoms with Crippen molar-refractivity contribution in [3.8, 4) is 33.6 Å². The normalized spacial score (nSPS) is 11.6. The van der Waals surface area contributed by atoms with Gasteiger partial charge in [0.2, 0.25) is 0 Å². The maximum atomic E-state index is 2.43. The second kappa shape index (κ2) is 9.86. The van der Waals surface area contributed by atoms with Crippen molar-refractivity contribution < 1.29 is 0 Å². The smallest absolute Gasteiger partial charge is 0.0548 e. The van der Waals surface area contributed by atoms with Crippen LogP contribution >= 0.6 is 0 Å². The molecule has 2 aromatic heterocycles. The number of para-hydroxylation sites is 2. The maximum absolute atomic E-state index is 2.43. The third kappa shape index (κ3) is 3.75. The van der Waals surface area contributed by atoms with Crippen molar-refractivity contribution in [2.24, 2.45) is 0 Å². The molecular formula is C42H28N2. The van der Waals surface area contributed by atoms with Gasteiger partial charge in [-0.05, 0) is 70.8 Å². The lowest BCUT2D eigenvalue weighted by Crippen LogP contribution is -1.95. The molecule has 0 fully saturated rings. The monoisotopic (exact) mass is 560 g/mol. The number of hydrogen-bond donors (Lipinski definition) is 0. The van der Waals surface area contributed by atoms with Gasteiger partial charge < -0.3 is 9.13 Å². The van der Waals surface area contributed by atoms with Crippen LogP contribution in [0.1, 0.15) is 0 Å². The molecule has 0 aliphatic carbocycles. The first-order chi connectivity index (χ1) is 21.8. The molecular weight excluding hydrogens is 532 g/mol. The minimum absolute atomic E-state index is 1.16. The minimum Gasteiger partial charge on any atom is -0.309 e. The van der Waals surface area contributed by atoms with Gasteiger partial charge in [0, 0.05) is 32.9 Å².